The molecule has 0 aliphatic carbocycles. The Morgan fingerprint density at radius 3 is 2.45 bits per heavy atom. The number of para-hydroxylation sites is 1. The molecule has 0 spiro atoms. The lowest BCUT2D eigenvalue weighted by Gasteiger charge is -2.26. The van der Waals surface area contributed by atoms with Gasteiger partial charge in [0.2, 0.25) is 0 Å². The summed E-state index contributed by atoms with van der Waals surface area (Å²) in [7, 11) is 1.55. The third kappa shape index (κ3) is 4.56. The number of benzene rings is 3. The van der Waals surface area contributed by atoms with Crippen molar-refractivity contribution in [2.45, 2.75) is 6.42 Å². The number of ether oxygens (including phenoxy) is 1. The first-order valence-electron chi connectivity index (χ1n) is 9.95. The van der Waals surface area contributed by atoms with Gasteiger partial charge in [0.25, 0.3) is 11.8 Å². The fraction of sp³-hybridized carbons (Fsp3) is 0.0800. The van der Waals surface area contributed by atoms with Gasteiger partial charge in [0.1, 0.15) is 17.1 Å². The van der Waals surface area contributed by atoms with E-state index in [1.807, 2.05) is 30.3 Å². The van der Waals surface area contributed by atoms with Gasteiger partial charge in [-0.3, -0.25) is 14.9 Å². The number of amides is 4. The van der Waals surface area contributed by atoms with Crippen LogP contribution < -0.4 is 15.0 Å². The number of rotatable bonds is 5. The lowest BCUT2D eigenvalue weighted by atomic mass is 9.97. The maximum Gasteiger partial charge on any atom is 0.336 e. The highest BCUT2D eigenvalue weighted by Crippen LogP contribution is 2.28. The number of hydrogen-bond donors (Lipinski definition) is 1. The number of nitrogens with zero attached hydrogens (tertiary/aromatic N) is 1. The molecule has 0 saturated carbocycles. The maximum atomic E-state index is 14.3. The molecule has 6 nitrogen and oxygen atoms in total. The third-order valence-electron chi connectivity index (χ3n) is 5.18. The normalized spacial score (nSPS) is 15.1. The zero-order chi connectivity index (χ0) is 23.5. The molecule has 0 bridgehead atoms. The smallest absolute Gasteiger partial charge is 0.336 e. The molecule has 0 atom stereocenters. The van der Waals surface area contributed by atoms with E-state index in [2.05, 4.69) is 21.2 Å². The number of barbiturate groups is 1. The van der Waals surface area contributed by atoms with E-state index in [-0.39, 0.29) is 11.3 Å². The number of halogens is 2. The molecule has 3 aromatic carbocycles. The lowest BCUT2D eigenvalue weighted by molar-refractivity contribution is -0.122. The number of carbonyl (C=O) groups is 3. The molecule has 1 aliphatic heterocycles. The van der Waals surface area contributed by atoms with E-state index in [0.717, 1.165) is 21.7 Å². The molecule has 3 aromatic rings. The number of nitrogens with one attached hydrogen (secondary N) is 1. The minimum atomic E-state index is -1.00. The summed E-state index contributed by atoms with van der Waals surface area (Å²) in [5, 5.41) is 2.12. The van der Waals surface area contributed by atoms with Crippen LogP contribution in [0, 0.1) is 5.82 Å². The highest BCUT2D eigenvalue weighted by Gasteiger charge is 2.38. The van der Waals surface area contributed by atoms with E-state index in [4.69, 9.17) is 4.74 Å². The maximum absolute atomic E-state index is 14.3. The van der Waals surface area contributed by atoms with Crippen LogP contribution in [0.4, 0.5) is 14.9 Å². The molecule has 1 heterocycles. The number of anilines is 1. The van der Waals surface area contributed by atoms with Crippen LogP contribution in [0.25, 0.3) is 6.08 Å². The van der Waals surface area contributed by atoms with Gasteiger partial charge in [-0.25, -0.2) is 14.1 Å². The first kappa shape index (κ1) is 22.4. The summed E-state index contributed by atoms with van der Waals surface area (Å²) < 4.78 is 20.6. The molecule has 0 radical (unpaired) electrons. The summed E-state index contributed by atoms with van der Waals surface area (Å²) in [4.78, 5) is 38.7. The predicted molar refractivity (Wildman–Crippen MR) is 125 cm³/mol. The van der Waals surface area contributed by atoms with Crippen molar-refractivity contribution in [1.82, 2.24) is 5.32 Å². The summed E-state index contributed by atoms with van der Waals surface area (Å²) in [5.41, 5.74) is 1.86. The van der Waals surface area contributed by atoms with Crippen LogP contribution in [-0.4, -0.2) is 25.0 Å². The first-order valence-corrected chi connectivity index (χ1v) is 10.7. The molecule has 0 aromatic heterocycles. The fourth-order valence-electron chi connectivity index (χ4n) is 3.51. The van der Waals surface area contributed by atoms with Gasteiger partial charge in [-0.1, -0.05) is 52.3 Å². The van der Waals surface area contributed by atoms with Crippen LogP contribution in [0.1, 0.15) is 16.7 Å². The average molecular weight is 509 g/mol. The van der Waals surface area contributed by atoms with Crippen molar-refractivity contribution in [3.05, 3.63) is 99.3 Å². The quantitative estimate of drug-likeness (QED) is 0.394. The van der Waals surface area contributed by atoms with Gasteiger partial charge in [0.05, 0.1) is 12.8 Å². The van der Waals surface area contributed by atoms with Crippen molar-refractivity contribution in [3.8, 4) is 5.75 Å². The van der Waals surface area contributed by atoms with Crippen LogP contribution in [0.15, 0.2) is 76.8 Å². The largest absolute Gasteiger partial charge is 0.497 e. The van der Waals surface area contributed by atoms with Crippen LogP contribution in [-0.2, 0) is 16.0 Å². The van der Waals surface area contributed by atoms with Crippen molar-refractivity contribution in [1.29, 1.82) is 0 Å². The van der Waals surface area contributed by atoms with Crippen LogP contribution in [0.3, 0.4) is 0 Å². The summed E-state index contributed by atoms with van der Waals surface area (Å²) in [6.45, 7) is 0. The number of urea groups is 1. The molecule has 1 fully saturated rings. The Balaban J connectivity index is 1.78. The molecule has 1 aliphatic rings. The van der Waals surface area contributed by atoms with E-state index < -0.39 is 23.7 Å². The highest BCUT2D eigenvalue weighted by molar-refractivity contribution is 9.10. The second-order valence-corrected chi connectivity index (χ2v) is 8.10. The summed E-state index contributed by atoms with van der Waals surface area (Å²) in [6, 6.07) is 17.3. The zero-order valence-corrected chi connectivity index (χ0v) is 19.1. The number of hydrogen-bond acceptors (Lipinski definition) is 4. The molecule has 4 amide bonds. The zero-order valence-electron chi connectivity index (χ0n) is 17.5. The minimum absolute atomic E-state index is 0.235. The molecule has 8 heteroatoms. The molecule has 166 valence electrons. The number of imide groups is 2. The van der Waals surface area contributed by atoms with Gasteiger partial charge in [-0.05, 0) is 59.5 Å². The first-order chi connectivity index (χ1) is 15.9. The van der Waals surface area contributed by atoms with Crippen molar-refractivity contribution >= 4 is 45.5 Å². The van der Waals surface area contributed by atoms with Gasteiger partial charge >= 0.3 is 6.03 Å². The van der Waals surface area contributed by atoms with Crippen LogP contribution >= 0.6 is 15.9 Å². The Hall–Kier alpha value is -3.78. The van der Waals surface area contributed by atoms with Crippen LogP contribution in [0.2, 0.25) is 0 Å². The molecule has 33 heavy (non-hydrogen) atoms. The number of carbonyl (C=O) groups excluding carboxylic acids is 3. The van der Waals surface area contributed by atoms with Crippen molar-refractivity contribution in [2.75, 3.05) is 12.0 Å². The lowest BCUT2D eigenvalue weighted by Crippen LogP contribution is -2.54. The molecule has 1 N–H and O–H groups in total. The second-order valence-electron chi connectivity index (χ2n) is 7.24. The van der Waals surface area contributed by atoms with E-state index >= 15 is 0 Å². The van der Waals surface area contributed by atoms with E-state index in [9.17, 15) is 18.8 Å². The van der Waals surface area contributed by atoms with Gasteiger partial charge in [0.15, 0.2) is 0 Å². The van der Waals surface area contributed by atoms with E-state index in [1.54, 1.807) is 19.2 Å². The fourth-order valence-corrected chi connectivity index (χ4v) is 3.94. The highest BCUT2D eigenvalue weighted by atomic mass is 79.9. The topological polar surface area (TPSA) is 75.7 Å². The molecular formula is C25H18BrFN2O4. The third-order valence-corrected chi connectivity index (χ3v) is 5.96. The van der Waals surface area contributed by atoms with Crippen molar-refractivity contribution < 1.29 is 23.5 Å². The van der Waals surface area contributed by atoms with Gasteiger partial charge in [-0.2, -0.15) is 0 Å². The summed E-state index contributed by atoms with van der Waals surface area (Å²) >= 11 is 3.53. The summed E-state index contributed by atoms with van der Waals surface area (Å²) in [6.07, 6.45) is 1.90. The Morgan fingerprint density at radius 2 is 1.73 bits per heavy atom. The molecule has 4 rings (SSSR count). The Labute approximate surface area is 197 Å². The average Bonchev–Trinajstić information content (AvgIpc) is 2.80. The standard InChI is InChI=1S/C25H18BrFN2O4/c1-33-18-11-10-15(17(13-18)12-16-6-2-3-7-20(16)26)14-19-23(30)28-25(32)29(24(19)31)22-9-5-4-8-21(22)27/h2-11,13-14H,12H2,1H3,(H,28,30,32)/b19-14-. The van der Waals surface area contributed by atoms with Gasteiger partial charge < -0.3 is 4.74 Å². The van der Waals surface area contributed by atoms with Gasteiger partial charge in [0, 0.05) is 4.47 Å². The van der Waals surface area contributed by atoms with Crippen LogP contribution in [0.5, 0.6) is 5.75 Å². The predicted octanol–water partition coefficient (Wildman–Crippen LogP) is 4.85. The Kier molecular flexibility index (Phi) is 6.37. The number of methoxy groups -OCH3 is 1. The minimum Gasteiger partial charge on any atom is -0.497 e. The van der Waals surface area contributed by atoms with Gasteiger partial charge in [-0.15, -0.1) is 0 Å². The Morgan fingerprint density at radius 1 is 1.00 bits per heavy atom. The van der Waals surface area contributed by atoms with E-state index in [0.29, 0.717) is 22.6 Å². The molecular weight excluding hydrogens is 491 g/mol. The molecule has 0 unspecified atom stereocenters. The van der Waals surface area contributed by atoms with Crippen molar-refractivity contribution in [2.24, 2.45) is 0 Å². The summed E-state index contributed by atoms with van der Waals surface area (Å²) in [5.74, 6) is -1.90. The second kappa shape index (κ2) is 9.38. The monoisotopic (exact) mass is 508 g/mol. The van der Waals surface area contributed by atoms with E-state index in [1.165, 1.54) is 24.3 Å². The van der Waals surface area contributed by atoms with Crippen molar-refractivity contribution in [3.63, 3.8) is 0 Å². The SMILES string of the molecule is COc1ccc(/C=C2/C(=O)NC(=O)N(c3ccccc3F)C2=O)c(Cc2ccccc2Br)c1. The Bertz CT molecular complexity index is 1310. The molecule has 1 saturated heterocycles.